The van der Waals surface area contributed by atoms with Gasteiger partial charge < -0.3 is 15.8 Å². The van der Waals surface area contributed by atoms with Crippen LogP contribution in [-0.4, -0.2) is 29.6 Å². The Bertz CT molecular complexity index is 439. The summed E-state index contributed by atoms with van der Waals surface area (Å²) in [6, 6.07) is 0. The van der Waals surface area contributed by atoms with E-state index in [1.165, 1.54) is 11.3 Å². The van der Waals surface area contributed by atoms with Crippen molar-refractivity contribution in [2.24, 2.45) is 5.73 Å². The van der Waals surface area contributed by atoms with Gasteiger partial charge in [0.15, 0.2) is 5.13 Å². The van der Waals surface area contributed by atoms with Gasteiger partial charge in [0.25, 0.3) is 0 Å². The number of aryl methyl sites for hydroxylation is 2. The minimum Gasteiger partial charge on any atom is -0.381 e. The summed E-state index contributed by atoms with van der Waals surface area (Å²) in [6.07, 6.45) is 1.99. The highest BCUT2D eigenvalue weighted by Gasteiger charge is 2.36. The lowest BCUT2D eigenvalue weighted by molar-refractivity contribution is -0.124. The van der Waals surface area contributed by atoms with Gasteiger partial charge in [0.2, 0.25) is 5.91 Å². The number of thiazole rings is 1. The first kappa shape index (κ1) is 13.5. The molecule has 100 valence electrons. The number of hydrogen-bond donors (Lipinski definition) is 2. The molecule has 2 heterocycles. The van der Waals surface area contributed by atoms with E-state index in [0.29, 0.717) is 31.2 Å². The number of aromatic nitrogens is 1. The van der Waals surface area contributed by atoms with E-state index in [1.807, 2.05) is 6.92 Å². The van der Waals surface area contributed by atoms with E-state index in [1.54, 1.807) is 0 Å². The van der Waals surface area contributed by atoms with E-state index in [2.05, 4.69) is 17.2 Å². The van der Waals surface area contributed by atoms with Gasteiger partial charge in [0.05, 0.1) is 5.69 Å². The number of carbonyl (C=O) groups excluding carboxylic acids is 1. The van der Waals surface area contributed by atoms with Crippen LogP contribution in [0.25, 0.3) is 0 Å². The molecule has 0 unspecified atom stereocenters. The molecule has 0 spiro atoms. The van der Waals surface area contributed by atoms with E-state index in [0.717, 1.165) is 17.0 Å². The smallest absolute Gasteiger partial charge is 0.246 e. The molecule has 1 aliphatic rings. The van der Waals surface area contributed by atoms with Crippen molar-refractivity contribution in [2.45, 2.75) is 38.6 Å². The Morgan fingerprint density at radius 1 is 1.56 bits per heavy atom. The molecule has 6 heteroatoms. The molecule has 2 rings (SSSR count). The SMILES string of the molecule is CCc1nc(NC(=O)C2(N)CCOCC2)sc1C. The summed E-state index contributed by atoms with van der Waals surface area (Å²) in [5.41, 5.74) is 6.33. The first-order valence-corrected chi connectivity index (χ1v) is 7.01. The van der Waals surface area contributed by atoms with Gasteiger partial charge in [-0.25, -0.2) is 4.98 Å². The fourth-order valence-electron chi connectivity index (χ4n) is 1.99. The average molecular weight is 269 g/mol. The van der Waals surface area contributed by atoms with E-state index >= 15 is 0 Å². The lowest BCUT2D eigenvalue weighted by atomic mass is 9.90. The van der Waals surface area contributed by atoms with Crippen LogP contribution in [0.15, 0.2) is 0 Å². The van der Waals surface area contributed by atoms with Crippen molar-refractivity contribution in [1.29, 1.82) is 0 Å². The number of hydrogen-bond acceptors (Lipinski definition) is 5. The Hall–Kier alpha value is -0.980. The third-order valence-electron chi connectivity index (χ3n) is 3.29. The largest absolute Gasteiger partial charge is 0.381 e. The first-order valence-electron chi connectivity index (χ1n) is 6.19. The maximum absolute atomic E-state index is 12.2. The van der Waals surface area contributed by atoms with Crippen molar-refractivity contribution < 1.29 is 9.53 Å². The molecule has 1 amide bonds. The fraction of sp³-hybridized carbons (Fsp3) is 0.667. The highest BCUT2D eigenvalue weighted by atomic mass is 32.1. The Labute approximate surface area is 111 Å². The van der Waals surface area contributed by atoms with Crippen LogP contribution in [0.5, 0.6) is 0 Å². The van der Waals surface area contributed by atoms with Gasteiger partial charge in [-0.3, -0.25) is 4.79 Å². The third kappa shape index (κ3) is 2.71. The highest BCUT2D eigenvalue weighted by molar-refractivity contribution is 7.15. The van der Waals surface area contributed by atoms with Crippen LogP contribution in [0.1, 0.15) is 30.3 Å². The number of nitrogens with one attached hydrogen (secondary N) is 1. The number of amides is 1. The topological polar surface area (TPSA) is 77.2 Å². The standard InChI is InChI=1S/C12H19N3O2S/c1-3-9-8(2)18-11(14-9)15-10(16)12(13)4-6-17-7-5-12/h3-7,13H2,1-2H3,(H,14,15,16). The van der Waals surface area contributed by atoms with E-state index in [-0.39, 0.29) is 5.91 Å². The molecule has 0 radical (unpaired) electrons. The Balaban J connectivity index is 2.05. The second-order valence-corrected chi connectivity index (χ2v) is 5.80. The van der Waals surface area contributed by atoms with E-state index in [9.17, 15) is 4.79 Å². The Kier molecular flexibility index (Phi) is 3.99. The molecule has 0 bridgehead atoms. The predicted molar refractivity (Wildman–Crippen MR) is 71.8 cm³/mol. The van der Waals surface area contributed by atoms with Gasteiger partial charge in [0, 0.05) is 18.1 Å². The summed E-state index contributed by atoms with van der Waals surface area (Å²) >= 11 is 1.50. The molecule has 0 saturated carbocycles. The van der Waals surface area contributed by atoms with Gasteiger partial charge in [-0.15, -0.1) is 11.3 Å². The summed E-state index contributed by atoms with van der Waals surface area (Å²) < 4.78 is 5.23. The van der Waals surface area contributed by atoms with Crippen molar-refractivity contribution in [3.63, 3.8) is 0 Å². The van der Waals surface area contributed by atoms with Crippen LogP contribution in [0, 0.1) is 6.92 Å². The van der Waals surface area contributed by atoms with E-state index < -0.39 is 5.54 Å². The van der Waals surface area contributed by atoms with E-state index in [4.69, 9.17) is 10.5 Å². The molecular weight excluding hydrogens is 250 g/mol. The molecule has 1 aliphatic heterocycles. The molecule has 0 atom stereocenters. The molecular formula is C12H19N3O2S. The molecule has 1 fully saturated rings. The number of carbonyl (C=O) groups is 1. The summed E-state index contributed by atoms with van der Waals surface area (Å²) in [5.74, 6) is -0.151. The van der Waals surface area contributed by atoms with Crippen molar-refractivity contribution in [2.75, 3.05) is 18.5 Å². The number of rotatable bonds is 3. The van der Waals surface area contributed by atoms with Gasteiger partial charge in [-0.05, 0) is 26.2 Å². The lowest BCUT2D eigenvalue weighted by Gasteiger charge is -2.31. The summed E-state index contributed by atoms with van der Waals surface area (Å²) in [5, 5.41) is 3.48. The second kappa shape index (κ2) is 5.34. The quantitative estimate of drug-likeness (QED) is 0.871. The maximum Gasteiger partial charge on any atom is 0.246 e. The number of nitrogens with zero attached hydrogens (tertiary/aromatic N) is 1. The van der Waals surface area contributed by atoms with Gasteiger partial charge in [0.1, 0.15) is 5.54 Å². The lowest BCUT2D eigenvalue weighted by Crippen LogP contribution is -2.54. The molecule has 5 nitrogen and oxygen atoms in total. The zero-order chi connectivity index (χ0) is 13.2. The Morgan fingerprint density at radius 2 is 2.22 bits per heavy atom. The summed E-state index contributed by atoms with van der Waals surface area (Å²) in [6.45, 7) is 5.15. The van der Waals surface area contributed by atoms with Crippen molar-refractivity contribution in [3.8, 4) is 0 Å². The minimum absolute atomic E-state index is 0.151. The monoisotopic (exact) mass is 269 g/mol. The van der Waals surface area contributed by atoms with Crippen LogP contribution >= 0.6 is 11.3 Å². The van der Waals surface area contributed by atoms with Gasteiger partial charge in [-0.1, -0.05) is 6.92 Å². The predicted octanol–water partition coefficient (Wildman–Crippen LogP) is 1.46. The molecule has 0 aliphatic carbocycles. The Morgan fingerprint density at radius 3 is 2.78 bits per heavy atom. The number of anilines is 1. The van der Waals surface area contributed by atoms with Crippen LogP contribution in [0.3, 0.4) is 0 Å². The van der Waals surface area contributed by atoms with Gasteiger partial charge >= 0.3 is 0 Å². The zero-order valence-corrected chi connectivity index (χ0v) is 11.6. The molecule has 18 heavy (non-hydrogen) atoms. The number of ether oxygens (including phenoxy) is 1. The second-order valence-electron chi connectivity index (χ2n) is 4.60. The number of nitrogens with two attached hydrogens (primary N) is 1. The van der Waals surface area contributed by atoms with Gasteiger partial charge in [-0.2, -0.15) is 0 Å². The molecule has 1 aromatic heterocycles. The summed E-state index contributed by atoms with van der Waals surface area (Å²) in [4.78, 5) is 17.7. The minimum atomic E-state index is -0.815. The van der Waals surface area contributed by atoms with Crippen LogP contribution in [-0.2, 0) is 16.0 Å². The maximum atomic E-state index is 12.2. The third-order valence-corrected chi connectivity index (χ3v) is 4.21. The van der Waals surface area contributed by atoms with Crippen LogP contribution in [0.2, 0.25) is 0 Å². The highest BCUT2D eigenvalue weighted by Crippen LogP contribution is 2.25. The molecule has 0 aromatic carbocycles. The fourth-order valence-corrected chi connectivity index (χ4v) is 2.89. The van der Waals surface area contributed by atoms with Crippen LogP contribution in [0.4, 0.5) is 5.13 Å². The summed E-state index contributed by atoms with van der Waals surface area (Å²) in [7, 11) is 0. The van der Waals surface area contributed by atoms with Crippen LogP contribution < -0.4 is 11.1 Å². The first-order chi connectivity index (χ1) is 8.55. The van der Waals surface area contributed by atoms with Crippen molar-refractivity contribution in [3.05, 3.63) is 10.6 Å². The average Bonchev–Trinajstić information content (AvgIpc) is 2.70. The zero-order valence-electron chi connectivity index (χ0n) is 10.8. The van der Waals surface area contributed by atoms with Crippen molar-refractivity contribution in [1.82, 2.24) is 4.98 Å². The molecule has 1 aromatic rings. The molecule has 1 saturated heterocycles. The molecule has 3 N–H and O–H groups in total. The van der Waals surface area contributed by atoms with Crippen molar-refractivity contribution >= 4 is 22.4 Å². The normalized spacial score (nSPS) is 18.6.